The molecule has 1 fully saturated rings. The molecule has 2 aromatic rings. The first-order chi connectivity index (χ1) is 13.9. The Morgan fingerprint density at radius 1 is 1.00 bits per heavy atom. The number of hydrogen-bond donors (Lipinski definition) is 1. The molecular formula is C21H20N2O5S. The number of nitrogens with one attached hydrogen (secondary N) is 1. The number of nitrogens with zero attached hydrogens (tertiary/aromatic N) is 1. The molecule has 29 heavy (non-hydrogen) atoms. The van der Waals surface area contributed by atoms with Crippen LogP contribution in [0.1, 0.15) is 11.1 Å². The molecule has 2 aromatic carbocycles. The monoisotopic (exact) mass is 412 g/mol. The second kappa shape index (κ2) is 8.32. The van der Waals surface area contributed by atoms with E-state index in [4.69, 9.17) is 26.4 Å². The van der Waals surface area contributed by atoms with Crippen molar-refractivity contribution >= 4 is 40.9 Å². The lowest BCUT2D eigenvalue weighted by atomic mass is 10.0. The van der Waals surface area contributed by atoms with Crippen LogP contribution in [0.5, 0.6) is 17.2 Å². The number of thiocarbonyl (C=S) groups is 1. The van der Waals surface area contributed by atoms with E-state index in [9.17, 15) is 9.59 Å². The van der Waals surface area contributed by atoms with Crippen LogP contribution in [-0.2, 0) is 9.59 Å². The predicted octanol–water partition coefficient (Wildman–Crippen LogP) is 2.85. The van der Waals surface area contributed by atoms with Gasteiger partial charge in [0.25, 0.3) is 11.8 Å². The Balaban J connectivity index is 2.10. The average molecular weight is 412 g/mol. The maximum absolute atomic E-state index is 13.2. The molecule has 150 valence electrons. The van der Waals surface area contributed by atoms with Gasteiger partial charge in [-0.2, -0.15) is 0 Å². The number of benzene rings is 2. The second-order valence-electron chi connectivity index (χ2n) is 6.22. The van der Waals surface area contributed by atoms with Gasteiger partial charge in [0.15, 0.2) is 16.6 Å². The summed E-state index contributed by atoms with van der Waals surface area (Å²) >= 11 is 5.23. The molecule has 7 nitrogen and oxygen atoms in total. The SMILES string of the molecule is COc1ccc(/C=C2\C(=O)NC(=S)N(c3cccc(C)c3)C2=O)c(OC)c1OC. The minimum absolute atomic E-state index is 0.0297. The van der Waals surface area contributed by atoms with Crippen LogP contribution in [0.3, 0.4) is 0 Å². The minimum atomic E-state index is -0.583. The van der Waals surface area contributed by atoms with Gasteiger partial charge in [-0.3, -0.25) is 19.8 Å². The van der Waals surface area contributed by atoms with Crippen LogP contribution in [0.25, 0.3) is 6.08 Å². The molecule has 0 aliphatic carbocycles. The first-order valence-electron chi connectivity index (χ1n) is 8.68. The Kier molecular flexibility index (Phi) is 5.84. The molecule has 0 aromatic heterocycles. The number of aryl methyl sites for hydroxylation is 1. The highest BCUT2D eigenvalue weighted by atomic mass is 32.1. The summed E-state index contributed by atoms with van der Waals surface area (Å²) in [6.07, 6.45) is 1.45. The van der Waals surface area contributed by atoms with E-state index < -0.39 is 11.8 Å². The zero-order valence-corrected chi connectivity index (χ0v) is 17.3. The first kappa shape index (κ1) is 20.3. The summed E-state index contributed by atoms with van der Waals surface area (Å²) in [6.45, 7) is 1.91. The van der Waals surface area contributed by atoms with Gasteiger partial charge in [0.05, 0.1) is 27.0 Å². The Morgan fingerprint density at radius 2 is 1.72 bits per heavy atom. The molecule has 0 unspecified atom stereocenters. The van der Waals surface area contributed by atoms with E-state index in [-0.39, 0.29) is 10.7 Å². The number of hydrogen-bond acceptors (Lipinski definition) is 6. The first-order valence-corrected chi connectivity index (χ1v) is 9.09. The van der Waals surface area contributed by atoms with Gasteiger partial charge in [0, 0.05) is 5.56 Å². The molecule has 1 saturated heterocycles. The molecule has 2 amide bonds. The molecular weight excluding hydrogens is 392 g/mol. The van der Waals surface area contributed by atoms with Crippen molar-refractivity contribution < 1.29 is 23.8 Å². The summed E-state index contributed by atoms with van der Waals surface area (Å²) in [6, 6.07) is 10.6. The molecule has 0 radical (unpaired) electrons. The number of carbonyl (C=O) groups is 2. The standard InChI is InChI=1S/C21H20N2O5S/c1-12-6-5-7-14(10-12)23-20(25)15(19(24)22-21(23)29)11-13-8-9-16(26-2)18(28-4)17(13)27-3/h5-11H,1-4H3,(H,22,24,29)/b15-11+. The number of ether oxygens (including phenoxy) is 3. The van der Waals surface area contributed by atoms with E-state index in [0.29, 0.717) is 28.5 Å². The molecule has 1 aliphatic rings. The molecule has 3 rings (SSSR count). The van der Waals surface area contributed by atoms with Crippen molar-refractivity contribution in [1.82, 2.24) is 5.32 Å². The highest BCUT2D eigenvalue weighted by Crippen LogP contribution is 2.40. The largest absolute Gasteiger partial charge is 0.493 e. The molecule has 0 saturated carbocycles. The lowest BCUT2D eigenvalue weighted by Crippen LogP contribution is -2.54. The molecule has 1 aliphatic heterocycles. The van der Waals surface area contributed by atoms with Gasteiger partial charge < -0.3 is 14.2 Å². The Hall–Kier alpha value is -3.39. The van der Waals surface area contributed by atoms with Crippen LogP contribution < -0.4 is 24.4 Å². The molecule has 8 heteroatoms. The van der Waals surface area contributed by atoms with Crippen LogP contribution >= 0.6 is 12.2 Å². The van der Waals surface area contributed by atoms with Gasteiger partial charge in [-0.05, 0) is 55.0 Å². The molecule has 0 atom stereocenters. The van der Waals surface area contributed by atoms with Crippen molar-refractivity contribution in [3.8, 4) is 17.2 Å². The fourth-order valence-electron chi connectivity index (χ4n) is 3.05. The lowest BCUT2D eigenvalue weighted by molar-refractivity contribution is -0.122. The number of carbonyl (C=O) groups excluding carboxylic acids is 2. The van der Waals surface area contributed by atoms with Crippen LogP contribution in [0.2, 0.25) is 0 Å². The number of methoxy groups -OCH3 is 3. The zero-order chi connectivity index (χ0) is 21.1. The fraction of sp³-hybridized carbons (Fsp3) is 0.190. The Labute approximate surface area is 173 Å². The number of amides is 2. The number of anilines is 1. The molecule has 0 spiro atoms. The smallest absolute Gasteiger partial charge is 0.270 e. The van der Waals surface area contributed by atoms with Crippen molar-refractivity contribution in [2.24, 2.45) is 0 Å². The van der Waals surface area contributed by atoms with Crippen molar-refractivity contribution in [2.45, 2.75) is 6.92 Å². The second-order valence-corrected chi connectivity index (χ2v) is 6.61. The van der Waals surface area contributed by atoms with Crippen LogP contribution in [-0.4, -0.2) is 38.3 Å². The summed E-state index contributed by atoms with van der Waals surface area (Å²) in [7, 11) is 4.46. The highest BCUT2D eigenvalue weighted by Gasteiger charge is 2.35. The molecule has 1 heterocycles. The van der Waals surface area contributed by atoms with E-state index in [1.54, 1.807) is 18.2 Å². The van der Waals surface area contributed by atoms with Crippen LogP contribution in [0.4, 0.5) is 5.69 Å². The van der Waals surface area contributed by atoms with Crippen molar-refractivity contribution in [2.75, 3.05) is 26.2 Å². The summed E-state index contributed by atoms with van der Waals surface area (Å²) in [5, 5.41) is 2.60. The maximum atomic E-state index is 13.2. The fourth-order valence-corrected chi connectivity index (χ4v) is 3.33. The maximum Gasteiger partial charge on any atom is 0.270 e. The van der Waals surface area contributed by atoms with E-state index >= 15 is 0 Å². The van der Waals surface area contributed by atoms with Gasteiger partial charge in [-0.25, -0.2) is 0 Å². The summed E-state index contributed by atoms with van der Waals surface area (Å²) < 4.78 is 16.1. The van der Waals surface area contributed by atoms with E-state index in [0.717, 1.165) is 5.56 Å². The van der Waals surface area contributed by atoms with Gasteiger partial charge >= 0.3 is 0 Å². The van der Waals surface area contributed by atoms with E-state index in [1.165, 1.54) is 32.3 Å². The van der Waals surface area contributed by atoms with Gasteiger partial charge in [0.1, 0.15) is 5.57 Å². The third kappa shape index (κ3) is 3.79. The Morgan fingerprint density at radius 3 is 2.34 bits per heavy atom. The van der Waals surface area contributed by atoms with E-state index in [1.807, 2.05) is 25.1 Å². The third-order valence-electron chi connectivity index (χ3n) is 4.40. The summed E-state index contributed by atoms with van der Waals surface area (Å²) in [5.41, 5.74) is 1.94. The zero-order valence-electron chi connectivity index (χ0n) is 16.4. The van der Waals surface area contributed by atoms with Crippen LogP contribution in [0, 0.1) is 6.92 Å². The third-order valence-corrected chi connectivity index (χ3v) is 4.68. The average Bonchev–Trinajstić information content (AvgIpc) is 2.70. The summed E-state index contributed by atoms with van der Waals surface area (Å²) in [4.78, 5) is 27.0. The Bertz CT molecular complexity index is 1030. The van der Waals surface area contributed by atoms with Gasteiger partial charge in [0.2, 0.25) is 5.75 Å². The minimum Gasteiger partial charge on any atom is -0.493 e. The van der Waals surface area contributed by atoms with Crippen molar-refractivity contribution in [3.05, 3.63) is 53.1 Å². The van der Waals surface area contributed by atoms with Gasteiger partial charge in [-0.15, -0.1) is 0 Å². The quantitative estimate of drug-likeness (QED) is 0.462. The van der Waals surface area contributed by atoms with Crippen LogP contribution in [0.15, 0.2) is 42.0 Å². The normalized spacial score (nSPS) is 15.4. The highest BCUT2D eigenvalue weighted by molar-refractivity contribution is 7.80. The van der Waals surface area contributed by atoms with E-state index in [2.05, 4.69) is 5.32 Å². The van der Waals surface area contributed by atoms with Crippen molar-refractivity contribution in [1.29, 1.82) is 0 Å². The molecule has 1 N–H and O–H groups in total. The predicted molar refractivity (Wildman–Crippen MR) is 113 cm³/mol. The topological polar surface area (TPSA) is 77.1 Å². The number of rotatable bonds is 5. The summed E-state index contributed by atoms with van der Waals surface area (Å²) in [5.74, 6) is 0.0599. The molecule has 0 bridgehead atoms. The van der Waals surface area contributed by atoms with Crippen molar-refractivity contribution in [3.63, 3.8) is 0 Å². The lowest BCUT2D eigenvalue weighted by Gasteiger charge is -2.29. The van der Waals surface area contributed by atoms with Gasteiger partial charge in [-0.1, -0.05) is 12.1 Å².